The summed E-state index contributed by atoms with van der Waals surface area (Å²) in [5.41, 5.74) is 1.30. The van der Waals surface area contributed by atoms with Crippen LogP contribution in [0.5, 0.6) is 11.5 Å². The second kappa shape index (κ2) is 12.8. The molecule has 0 saturated carbocycles. The molecule has 9 heteroatoms. The van der Waals surface area contributed by atoms with Crippen molar-refractivity contribution >= 4 is 29.0 Å². The lowest BCUT2D eigenvalue weighted by Crippen LogP contribution is -2.28. The Bertz CT molecular complexity index is 874. The van der Waals surface area contributed by atoms with Crippen LogP contribution in [0.3, 0.4) is 0 Å². The molecule has 1 N–H and O–H groups in total. The highest BCUT2D eigenvalue weighted by molar-refractivity contribution is 7.99. The van der Waals surface area contributed by atoms with E-state index in [0.29, 0.717) is 23.8 Å². The molecule has 1 amide bonds. The van der Waals surface area contributed by atoms with Crippen LogP contribution in [0.25, 0.3) is 0 Å². The van der Waals surface area contributed by atoms with E-state index in [9.17, 15) is 14.9 Å². The minimum Gasteiger partial charge on any atom is -0.490 e. The number of nitrogens with one attached hydrogen (secondary N) is 1. The maximum absolute atomic E-state index is 12.4. The van der Waals surface area contributed by atoms with Crippen molar-refractivity contribution in [3.8, 4) is 11.5 Å². The molecule has 168 valence electrons. The maximum Gasteiger partial charge on any atom is 0.311 e. The molecule has 0 aliphatic heterocycles. The summed E-state index contributed by atoms with van der Waals surface area (Å²) in [6.45, 7) is 7.51. The van der Waals surface area contributed by atoms with E-state index in [0.717, 1.165) is 25.2 Å². The molecule has 2 rings (SSSR count). The highest BCUT2D eigenvalue weighted by Crippen LogP contribution is 2.29. The van der Waals surface area contributed by atoms with Crippen LogP contribution < -0.4 is 14.8 Å². The molecule has 0 radical (unpaired) electrons. The minimum absolute atomic E-state index is 0.0826. The molecule has 2 aromatic rings. The summed E-state index contributed by atoms with van der Waals surface area (Å²) in [6, 6.07) is 12.2. The van der Waals surface area contributed by atoms with Gasteiger partial charge in [-0.05, 0) is 36.9 Å². The molecule has 2 aromatic carbocycles. The van der Waals surface area contributed by atoms with E-state index in [-0.39, 0.29) is 23.1 Å². The number of nitro groups is 1. The van der Waals surface area contributed by atoms with Crippen LogP contribution in [0, 0.1) is 10.1 Å². The van der Waals surface area contributed by atoms with Crippen molar-refractivity contribution in [2.45, 2.75) is 19.6 Å². The first-order valence-corrected chi connectivity index (χ1v) is 11.3. The van der Waals surface area contributed by atoms with Crippen LogP contribution in [-0.4, -0.2) is 54.8 Å². The van der Waals surface area contributed by atoms with Crippen molar-refractivity contribution < 1.29 is 19.2 Å². The summed E-state index contributed by atoms with van der Waals surface area (Å²) in [4.78, 5) is 25.3. The van der Waals surface area contributed by atoms with E-state index in [1.807, 2.05) is 24.3 Å². The average Bonchev–Trinajstić information content (AvgIpc) is 2.77. The summed E-state index contributed by atoms with van der Waals surface area (Å²) >= 11 is 1.38. The highest BCUT2D eigenvalue weighted by Gasteiger charge is 2.15. The van der Waals surface area contributed by atoms with Gasteiger partial charge in [-0.15, -0.1) is 11.8 Å². The number of hydrogen-bond acceptors (Lipinski definition) is 7. The zero-order valence-electron chi connectivity index (χ0n) is 18.1. The molecule has 0 heterocycles. The third-order valence-corrected chi connectivity index (χ3v) is 5.67. The zero-order chi connectivity index (χ0) is 22.6. The fraction of sp³-hybridized carbons (Fsp3) is 0.409. The Morgan fingerprint density at radius 1 is 1.16 bits per heavy atom. The normalized spacial score (nSPS) is 10.7. The molecule has 0 saturated heterocycles. The average molecular weight is 448 g/mol. The predicted octanol–water partition coefficient (Wildman–Crippen LogP) is 4.20. The number of carbonyl (C=O) groups is 1. The molecule has 0 spiro atoms. The third kappa shape index (κ3) is 7.76. The van der Waals surface area contributed by atoms with Gasteiger partial charge in [0.1, 0.15) is 12.4 Å². The van der Waals surface area contributed by atoms with Crippen LogP contribution in [0.15, 0.2) is 42.5 Å². The molecule has 31 heavy (non-hydrogen) atoms. The summed E-state index contributed by atoms with van der Waals surface area (Å²) in [5.74, 6) is 1.38. The van der Waals surface area contributed by atoms with Gasteiger partial charge < -0.3 is 19.7 Å². The number of nitro benzene ring substituents is 1. The number of nitrogens with zero attached hydrogens (tertiary/aromatic N) is 2. The summed E-state index contributed by atoms with van der Waals surface area (Å²) < 4.78 is 10.9. The SMILES string of the molecule is CCN(CC)CCOc1ccccc1NC(=O)CSCc1ccc(OC)c([N+](=O)[O-])c1. The lowest BCUT2D eigenvalue weighted by atomic mass is 10.2. The second-order valence-corrected chi connectivity index (χ2v) is 7.66. The van der Waals surface area contributed by atoms with Gasteiger partial charge in [-0.25, -0.2) is 0 Å². The number of para-hydroxylation sites is 2. The van der Waals surface area contributed by atoms with E-state index >= 15 is 0 Å². The topological polar surface area (TPSA) is 93.9 Å². The minimum atomic E-state index is -0.475. The van der Waals surface area contributed by atoms with E-state index in [1.165, 1.54) is 24.9 Å². The fourth-order valence-electron chi connectivity index (χ4n) is 2.94. The van der Waals surface area contributed by atoms with Crippen LogP contribution >= 0.6 is 11.8 Å². The summed E-state index contributed by atoms with van der Waals surface area (Å²) in [5, 5.41) is 14.0. The van der Waals surface area contributed by atoms with Crippen molar-refractivity contribution in [3.63, 3.8) is 0 Å². The molecule has 0 atom stereocenters. The van der Waals surface area contributed by atoms with Gasteiger partial charge in [-0.3, -0.25) is 14.9 Å². The Kier molecular flexibility index (Phi) is 10.1. The van der Waals surface area contributed by atoms with E-state index < -0.39 is 4.92 Å². The Labute approximate surface area is 187 Å². The van der Waals surface area contributed by atoms with Gasteiger partial charge in [0.2, 0.25) is 5.91 Å². The Hall–Kier alpha value is -2.78. The Morgan fingerprint density at radius 2 is 1.90 bits per heavy atom. The number of amides is 1. The maximum atomic E-state index is 12.4. The second-order valence-electron chi connectivity index (χ2n) is 6.68. The van der Waals surface area contributed by atoms with Gasteiger partial charge >= 0.3 is 5.69 Å². The van der Waals surface area contributed by atoms with Gasteiger partial charge in [-0.2, -0.15) is 0 Å². The van der Waals surface area contributed by atoms with Crippen molar-refractivity contribution in [2.24, 2.45) is 0 Å². The van der Waals surface area contributed by atoms with Crippen LogP contribution in [0.1, 0.15) is 19.4 Å². The van der Waals surface area contributed by atoms with E-state index in [2.05, 4.69) is 24.1 Å². The van der Waals surface area contributed by atoms with Gasteiger partial charge in [-0.1, -0.05) is 32.0 Å². The molecular weight excluding hydrogens is 418 g/mol. The first kappa shape index (κ1) is 24.5. The van der Waals surface area contributed by atoms with Gasteiger partial charge in [0, 0.05) is 18.4 Å². The van der Waals surface area contributed by atoms with Crippen molar-refractivity contribution in [1.82, 2.24) is 4.90 Å². The van der Waals surface area contributed by atoms with Crippen molar-refractivity contribution in [3.05, 3.63) is 58.1 Å². The monoisotopic (exact) mass is 447 g/mol. The number of ether oxygens (including phenoxy) is 2. The molecule has 0 aliphatic rings. The van der Waals surface area contributed by atoms with Crippen LogP contribution in [0.2, 0.25) is 0 Å². The van der Waals surface area contributed by atoms with Crippen molar-refractivity contribution in [2.75, 3.05) is 44.4 Å². The Balaban J connectivity index is 1.87. The number of thioether (sulfide) groups is 1. The largest absolute Gasteiger partial charge is 0.490 e. The lowest BCUT2D eigenvalue weighted by Gasteiger charge is -2.19. The molecule has 0 unspecified atom stereocenters. The van der Waals surface area contributed by atoms with E-state index in [4.69, 9.17) is 9.47 Å². The summed E-state index contributed by atoms with van der Waals surface area (Å²) in [6.07, 6.45) is 0. The first-order chi connectivity index (χ1) is 15.0. The molecule has 0 bridgehead atoms. The van der Waals surface area contributed by atoms with E-state index in [1.54, 1.807) is 12.1 Å². The number of hydrogen-bond donors (Lipinski definition) is 1. The van der Waals surface area contributed by atoms with Crippen LogP contribution in [-0.2, 0) is 10.5 Å². The number of carbonyl (C=O) groups excluding carboxylic acids is 1. The highest BCUT2D eigenvalue weighted by atomic mass is 32.2. The quantitative estimate of drug-likeness (QED) is 0.363. The zero-order valence-corrected chi connectivity index (χ0v) is 18.9. The predicted molar refractivity (Wildman–Crippen MR) is 124 cm³/mol. The fourth-order valence-corrected chi connectivity index (χ4v) is 3.71. The van der Waals surface area contributed by atoms with Gasteiger partial charge in [0.15, 0.2) is 5.75 Å². The summed E-state index contributed by atoms with van der Waals surface area (Å²) in [7, 11) is 1.40. The third-order valence-electron chi connectivity index (χ3n) is 4.66. The first-order valence-electron chi connectivity index (χ1n) is 10.1. The number of anilines is 1. The van der Waals surface area contributed by atoms with Gasteiger partial charge in [0.05, 0.1) is 23.5 Å². The number of likely N-dealkylation sites (N-methyl/N-ethyl adjacent to an activating group) is 1. The Morgan fingerprint density at radius 3 is 2.58 bits per heavy atom. The molecule has 0 aromatic heterocycles. The van der Waals surface area contributed by atoms with Gasteiger partial charge in [0.25, 0.3) is 0 Å². The smallest absolute Gasteiger partial charge is 0.311 e. The number of benzene rings is 2. The molecule has 0 aliphatic carbocycles. The molecular formula is C22H29N3O5S. The molecule has 8 nitrogen and oxygen atoms in total. The number of rotatable bonds is 13. The number of methoxy groups -OCH3 is 1. The van der Waals surface area contributed by atoms with Crippen LogP contribution in [0.4, 0.5) is 11.4 Å². The molecule has 0 fully saturated rings. The standard InChI is InChI=1S/C22H29N3O5S/c1-4-24(5-2)12-13-30-20-9-7-6-8-18(20)23-22(26)16-31-15-17-10-11-21(29-3)19(14-17)25(27)28/h6-11,14H,4-5,12-13,15-16H2,1-3H3,(H,23,26). The van der Waals surface area contributed by atoms with Crippen molar-refractivity contribution in [1.29, 1.82) is 0 Å². The lowest BCUT2D eigenvalue weighted by molar-refractivity contribution is -0.385.